The number of aromatic nitrogens is 2. The van der Waals surface area contributed by atoms with E-state index in [1.54, 1.807) is 24.1 Å². The average molecular weight is 247 g/mol. The molecule has 0 unspecified atom stereocenters. The van der Waals surface area contributed by atoms with Gasteiger partial charge in [-0.05, 0) is 24.3 Å². The van der Waals surface area contributed by atoms with Gasteiger partial charge in [-0.2, -0.15) is 0 Å². The highest BCUT2D eigenvalue weighted by Gasteiger charge is 2.16. The Morgan fingerprint density at radius 2 is 2.00 bits per heavy atom. The summed E-state index contributed by atoms with van der Waals surface area (Å²) in [6.45, 7) is 0. The summed E-state index contributed by atoms with van der Waals surface area (Å²) in [6.07, 6.45) is 2.49. The van der Waals surface area contributed by atoms with Gasteiger partial charge in [-0.15, -0.1) is 0 Å². The van der Waals surface area contributed by atoms with E-state index in [1.807, 2.05) is 0 Å². The van der Waals surface area contributed by atoms with Crippen LogP contribution in [-0.4, -0.2) is 28.1 Å². The predicted octanol–water partition coefficient (Wildman–Crippen LogP) is 2.08. The van der Waals surface area contributed by atoms with Crippen LogP contribution in [0.25, 0.3) is 0 Å². The van der Waals surface area contributed by atoms with Crippen molar-refractivity contribution in [3.8, 4) is 0 Å². The Kier molecular flexibility index (Phi) is 3.18. The fraction of sp³-hybridized carbons (Fsp3) is 0.0833. The van der Waals surface area contributed by atoms with E-state index in [9.17, 15) is 9.18 Å². The van der Waals surface area contributed by atoms with E-state index in [-0.39, 0.29) is 17.2 Å². The molecule has 2 aromatic rings. The van der Waals surface area contributed by atoms with Gasteiger partial charge in [-0.3, -0.25) is 0 Å². The molecule has 1 heterocycles. The van der Waals surface area contributed by atoms with Crippen molar-refractivity contribution in [2.75, 3.05) is 11.9 Å². The Morgan fingerprint density at radius 3 is 2.61 bits per heavy atom. The molecule has 0 aliphatic heterocycles. The molecule has 0 fully saturated rings. The van der Waals surface area contributed by atoms with Gasteiger partial charge in [0, 0.05) is 18.9 Å². The Bertz CT molecular complexity index is 572. The monoisotopic (exact) mass is 247 g/mol. The number of anilines is 2. The van der Waals surface area contributed by atoms with Crippen LogP contribution in [0.4, 0.5) is 15.9 Å². The maximum atomic E-state index is 12.8. The summed E-state index contributed by atoms with van der Waals surface area (Å²) in [5.41, 5.74) is 0.627. The predicted molar refractivity (Wildman–Crippen MR) is 63.5 cm³/mol. The third kappa shape index (κ3) is 2.27. The van der Waals surface area contributed by atoms with Gasteiger partial charge < -0.3 is 10.0 Å². The van der Waals surface area contributed by atoms with Gasteiger partial charge in [0.25, 0.3) is 0 Å². The standard InChI is InChI=1S/C12H10FN3O2/c1-16(9-4-2-8(13)3-5-9)11-10(12(17)18)6-14-7-15-11/h2-7H,1H3,(H,17,18). The second kappa shape index (κ2) is 4.79. The van der Waals surface area contributed by atoms with Gasteiger partial charge in [0.1, 0.15) is 17.7 Å². The number of carboxylic acids is 1. The first-order valence-corrected chi connectivity index (χ1v) is 5.12. The number of hydrogen-bond acceptors (Lipinski definition) is 4. The Morgan fingerprint density at radius 1 is 1.33 bits per heavy atom. The SMILES string of the molecule is CN(c1ccc(F)cc1)c1ncncc1C(=O)O. The Labute approximate surface area is 103 Å². The average Bonchev–Trinajstić information content (AvgIpc) is 2.39. The summed E-state index contributed by atoms with van der Waals surface area (Å²) in [6, 6.07) is 5.69. The van der Waals surface area contributed by atoms with E-state index in [4.69, 9.17) is 5.11 Å². The van der Waals surface area contributed by atoms with Gasteiger partial charge in [0.15, 0.2) is 5.82 Å². The quantitative estimate of drug-likeness (QED) is 0.899. The molecule has 0 saturated carbocycles. The Hall–Kier alpha value is -2.50. The number of rotatable bonds is 3. The van der Waals surface area contributed by atoms with Crippen molar-refractivity contribution in [2.45, 2.75) is 0 Å². The molecule has 0 aliphatic rings. The molecule has 1 aromatic carbocycles. The van der Waals surface area contributed by atoms with E-state index >= 15 is 0 Å². The van der Waals surface area contributed by atoms with Gasteiger partial charge in [0.2, 0.25) is 0 Å². The fourth-order valence-corrected chi connectivity index (χ4v) is 1.53. The molecule has 6 heteroatoms. The normalized spacial score (nSPS) is 10.1. The maximum absolute atomic E-state index is 12.8. The van der Waals surface area contributed by atoms with Gasteiger partial charge in [-0.25, -0.2) is 19.2 Å². The molecule has 2 rings (SSSR count). The molecule has 18 heavy (non-hydrogen) atoms. The largest absolute Gasteiger partial charge is 0.477 e. The van der Waals surface area contributed by atoms with Crippen LogP contribution in [0.1, 0.15) is 10.4 Å². The molecule has 1 aromatic heterocycles. The zero-order chi connectivity index (χ0) is 13.1. The Balaban J connectivity index is 2.42. The van der Waals surface area contributed by atoms with Crippen LogP contribution in [0, 0.1) is 5.82 Å². The number of carboxylic acid groups (broad SMARTS) is 1. The first-order chi connectivity index (χ1) is 8.59. The molecular weight excluding hydrogens is 237 g/mol. The van der Waals surface area contributed by atoms with Gasteiger partial charge in [0.05, 0.1) is 0 Å². The van der Waals surface area contributed by atoms with Crippen LogP contribution in [0.2, 0.25) is 0 Å². The lowest BCUT2D eigenvalue weighted by Gasteiger charge is -2.19. The number of nitrogens with zero attached hydrogens (tertiary/aromatic N) is 3. The zero-order valence-electron chi connectivity index (χ0n) is 9.54. The summed E-state index contributed by atoms with van der Waals surface area (Å²) in [7, 11) is 1.65. The van der Waals surface area contributed by atoms with Crippen LogP contribution in [0.3, 0.4) is 0 Å². The van der Waals surface area contributed by atoms with E-state index in [0.717, 1.165) is 0 Å². The molecule has 5 nitrogen and oxygen atoms in total. The number of aromatic carboxylic acids is 1. The van der Waals surface area contributed by atoms with Crippen molar-refractivity contribution < 1.29 is 14.3 Å². The first kappa shape index (κ1) is 12.0. The van der Waals surface area contributed by atoms with Crippen molar-refractivity contribution in [2.24, 2.45) is 0 Å². The molecule has 1 N–H and O–H groups in total. The lowest BCUT2D eigenvalue weighted by molar-refractivity contribution is 0.0697. The summed E-state index contributed by atoms with van der Waals surface area (Å²) in [5.74, 6) is -1.21. The van der Waals surface area contributed by atoms with Crippen LogP contribution in [0.5, 0.6) is 0 Å². The van der Waals surface area contributed by atoms with Gasteiger partial charge in [-0.1, -0.05) is 0 Å². The summed E-state index contributed by atoms with van der Waals surface area (Å²) in [4.78, 5) is 20.2. The second-order valence-electron chi connectivity index (χ2n) is 3.60. The van der Waals surface area contributed by atoms with Crippen molar-refractivity contribution in [3.63, 3.8) is 0 Å². The molecule has 0 aliphatic carbocycles. The van der Waals surface area contributed by atoms with Crippen molar-refractivity contribution in [1.82, 2.24) is 9.97 Å². The highest BCUT2D eigenvalue weighted by Crippen LogP contribution is 2.24. The highest BCUT2D eigenvalue weighted by molar-refractivity contribution is 5.93. The lowest BCUT2D eigenvalue weighted by Crippen LogP contribution is -2.16. The number of halogens is 1. The molecule has 0 amide bonds. The van der Waals surface area contributed by atoms with E-state index in [2.05, 4.69) is 9.97 Å². The van der Waals surface area contributed by atoms with Crippen molar-refractivity contribution in [3.05, 3.63) is 48.2 Å². The highest BCUT2D eigenvalue weighted by atomic mass is 19.1. The second-order valence-corrected chi connectivity index (χ2v) is 3.60. The minimum Gasteiger partial charge on any atom is -0.477 e. The third-order valence-corrected chi connectivity index (χ3v) is 2.45. The van der Waals surface area contributed by atoms with Gasteiger partial charge >= 0.3 is 5.97 Å². The minimum atomic E-state index is -1.11. The van der Waals surface area contributed by atoms with Crippen LogP contribution < -0.4 is 4.90 Å². The minimum absolute atomic E-state index is 0.00988. The third-order valence-electron chi connectivity index (χ3n) is 2.45. The molecule has 0 radical (unpaired) electrons. The van der Waals surface area contributed by atoms with Crippen LogP contribution >= 0.6 is 0 Å². The summed E-state index contributed by atoms with van der Waals surface area (Å²) < 4.78 is 12.8. The molecule has 0 saturated heterocycles. The smallest absolute Gasteiger partial charge is 0.341 e. The van der Waals surface area contributed by atoms with E-state index in [0.29, 0.717) is 5.69 Å². The van der Waals surface area contributed by atoms with Crippen molar-refractivity contribution in [1.29, 1.82) is 0 Å². The molecular formula is C12H10FN3O2. The number of hydrogen-bond donors (Lipinski definition) is 1. The fourth-order valence-electron chi connectivity index (χ4n) is 1.53. The molecule has 0 spiro atoms. The lowest BCUT2D eigenvalue weighted by atomic mass is 10.2. The van der Waals surface area contributed by atoms with E-state index < -0.39 is 5.97 Å². The molecule has 0 bridgehead atoms. The molecule has 0 atom stereocenters. The van der Waals surface area contributed by atoms with Crippen LogP contribution in [-0.2, 0) is 0 Å². The first-order valence-electron chi connectivity index (χ1n) is 5.12. The molecule has 92 valence electrons. The summed E-state index contributed by atoms with van der Waals surface area (Å²) in [5, 5.41) is 9.04. The summed E-state index contributed by atoms with van der Waals surface area (Å²) >= 11 is 0. The number of carbonyl (C=O) groups is 1. The van der Waals surface area contributed by atoms with Crippen molar-refractivity contribution >= 4 is 17.5 Å². The number of benzene rings is 1. The van der Waals surface area contributed by atoms with E-state index in [1.165, 1.54) is 24.7 Å². The zero-order valence-corrected chi connectivity index (χ0v) is 9.54. The topological polar surface area (TPSA) is 66.3 Å². The van der Waals surface area contributed by atoms with Crippen LogP contribution in [0.15, 0.2) is 36.8 Å². The maximum Gasteiger partial charge on any atom is 0.341 e.